The molecule has 1 saturated heterocycles. The van der Waals surface area contributed by atoms with Crippen molar-refractivity contribution in [1.82, 2.24) is 14.6 Å². The van der Waals surface area contributed by atoms with Crippen LogP contribution in [0.15, 0.2) is 36.7 Å². The lowest BCUT2D eigenvalue weighted by Crippen LogP contribution is -2.27. The van der Waals surface area contributed by atoms with E-state index in [0.29, 0.717) is 0 Å². The summed E-state index contributed by atoms with van der Waals surface area (Å²) in [5.74, 6) is -4.30. The number of aromatic nitrogens is 3. The van der Waals surface area contributed by atoms with E-state index in [-0.39, 0.29) is 28.2 Å². The van der Waals surface area contributed by atoms with Crippen LogP contribution in [0.25, 0.3) is 5.65 Å². The third-order valence-corrected chi connectivity index (χ3v) is 4.62. The largest absolute Gasteiger partial charge is 0.365 e. The van der Waals surface area contributed by atoms with Gasteiger partial charge in [0.05, 0.1) is 30.4 Å². The molecule has 1 amide bonds. The van der Waals surface area contributed by atoms with Gasteiger partial charge in [-0.2, -0.15) is 10.4 Å². The molecule has 28 heavy (non-hydrogen) atoms. The molecule has 0 unspecified atom stereocenters. The number of nitrogens with two attached hydrogens (primary N) is 1. The number of primary amides is 1. The molecule has 0 spiro atoms. The summed E-state index contributed by atoms with van der Waals surface area (Å²) in [7, 11) is 0. The molecule has 4 rings (SSSR count). The van der Waals surface area contributed by atoms with Gasteiger partial charge in [0.15, 0.2) is 5.65 Å². The van der Waals surface area contributed by atoms with Crippen molar-refractivity contribution in [2.75, 3.05) is 11.4 Å². The van der Waals surface area contributed by atoms with Gasteiger partial charge < -0.3 is 10.6 Å². The highest BCUT2D eigenvalue weighted by Gasteiger charge is 2.46. The minimum atomic E-state index is -3.04. The molecule has 0 bridgehead atoms. The topological polar surface area (TPSA) is 100 Å². The van der Waals surface area contributed by atoms with Gasteiger partial charge in [0, 0.05) is 12.6 Å². The molecule has 1 fully saturated rings. The average Bonchev–Trinajstić information content (AvgIpc) is 3.21. The zero-order valence-electron chi connectivity index (χ0n) is 14.3. The fraction of sp³-hybridized carbons (Fsp3) is 0.222. The van der Waals surface area contributed by atoms with Crippen LogP contribution in [0.3, 0.4) is 0 Å². The summed E-state index contributed by atoms with van der Waals surface area (Å²) >= 11 is 0. The number of rotatable bonds is 3. The predicted molar refractivity (Wildman–Crippen MR) is 92.3 cm³/mol. The molecule has 0 radical (unpaired) electrons. The number of nitriles is 1. The van der Waals surface area contributed by atoms with Crippen molar-refractivity contribution >= 4 is 17.4 Å². The van der Waals surface area contributed by atoms with Crippen molar-refractivity contribution < 1.29 is 18.0 Å². The first-order chi connectivity index (χ1) is 13.3. The Bertz CT molecular complexity index is 1140. The number of anilines is 1. The molecular weight excluding hydrogens is 373 g/mol. The van der Waals surface area contributed by atoms with Crippen LogP contribution in [0.4, 0.5) is 19.0 Å². The van der Waals surface area contributed by atoms with Gasteiger partial charge in [0.25, 0.3) is 11.8 Å². The Morgan fingerprint density at radius 1 is 1.36 bits per heavy atom. The Balaban J connectivity index is 1.82. The standard InChI is InChI=1S/C18H13F3N6O/c19-12-4-10(7-22)3-11(5-12)14-6-18(20,21)9-26(14)15-1-2-27-17(25-15)13(8-24-27)16(23)28/h1-5,8,14H,6,9H2,(H2,23,28)/t14-/m1/s1. The molecule has 1 atom stereocenters. The summed E-state index contributed by atoms with van der Waals surface area (Å²) in [6.07, 6.45) is 2.16. The first kappa shape index (κ1) is 17.8. The second-order valence-electron chi connectivity index (χ2n) is 6.57. The van der Waals surface area contributed by atoms with Crippen LogP contribution in [0.5, 0.6) is 0 Å². The number of fused-ring (bicyclic) bond motifs is 1. The highest BCUT2D eigenvalue weighted by atomic mass is 19.3. The van der Waals surface area contributed by atoms with Gasteiger partial charge in [0.1, 0.15) is 17.2 Å². The number of hydrogen-bond donors (Lipinski definition) is 1. The van der Waals surface area contributed by atoms with E-state index in [1.165, 1.54) is 33.9 Å². The van der Waals surface area contributed by atoms with Crippen molar-refractivity contribution in [2.45, 2.75) is 18.4 Å². The SMILES string of the molecule is N#Cc1cc(F)cc([C@H]2CC(F)(F)CN2c2ccn3ncc(C(N)=O)c3n2)c1. The summed E-state index contributed by atoms with van der Waals surface area (Å²) in [5, 5.41) is 13.0. The zero-order valence-corrected chi connectivity index (χ0v) is 14.3. The number of carbonyl (C=O) groups excluding carboxylic acids is 1. The highest BCUT2D eigenvalue weighted by Crippen LogP contribution is 2.43. The highest BCUT2D eigenvalue weighted by molar-refractivity contribution is 5.98. The number of amides is 1. The third-order valence-electron chi connectivity index (χ3n) is 4.62. The van der Waals surface area contributed by atoms with Crippen LogP contribution >= 0.6 is 0 Å². The third kappa shape index (κ3) is 3.00. The molecule has 2 aromatic heterocycles. The number of nitrogens with zero attached hydrogens (tertiary/aromatic N) is 5. The summed E-state index contributed by atoms with van der Waals surface area (Å²) in [5.41, 5.74) is 5.78. The van der Waals surface area contributed by atoms with Crippen LogP contribution in [-0.2, 0) is 0 Å². The second-order valence-corrected chi connectivity index (χ2v) is 6.57. The quantitative estimate of drug-likeness (QED) is 0.745. The zero-order chi connectivity index (χ0) is 20.1. The van der Waals surface area contributed by atoms with Crippen molar-refractivity contribution in [1.29, 1.82) is 5.26 Å². The molecular formula is C18H13F3N6O. The number of carbonyl (C=O) groups is 1. The maximum Gasteiger partial charge on any atom is 0.267 e. The number of benzene rings is 1. The molecule has 1 aromatic carbocycles. The smallest absolute Gasteiger partial charge is 0.267 e. The van der Waals surface area contributed by atoms with E-state index >= 15 is 0 Å². The predicted octanol–water partition coefficient (Wildman–Crippen LogP) is 2.43. The van der Waals surface area contributed by atoms with E-state index in [9.17, 15) is 18.0 Å². The molecule has 0 saturated carbocycles. The van der Waals surface area contributed by atoms with Gasteiger partial charge in [-0.25, -0.2) is 22.7 Å². The Morgan fingerprint density at radius 3 is 2.86 bits per heavy atom. The van der Waals surface area contributed by atoms with E-state index in [4.69, 9.17) is 11.0 Å². The molecule has 2 N–H and O–H groups in total. The minimum Gasteiger partial charge on any atom is -0.365 e. The van der Waals surface area contributed by atoms with Gasteiger partial charge in [-0.3, -0.25) is 4.79 Å². The van der Waals surface area contributed by atoms with E-state index in [1.807, 2.05) is 6.07 Å². The number of halogens is 3. The summed E-state index contributed by atoms with van der Waals surface area (Å²) in [4.78, 5) is 17.1. The van der Waals surface area contributed by atoms with Gasteiger partial charge in [-0.15, -0.1) is 0 Å². The molecule has 1 aliphatic rings. The molecule has 7 nitrogen and oxygen atoms in total. The van der Waals surface area contributed by atoms with E-state index in [0.717, 1.165) is 12.1 Å². The second kappa shape index (κ2) is 6.23. The first-order valence-corrected chi connectivity index (χ1v) is 8.27. The maximum atomic E-state index is 14.2. The fourth-order valence-electron chi connectivity index (χ4n) is 3.42. The van der Waals surface area contributed by atoms with Crippen molar-refractivity contribution in [3.63, 3.8) is 0 Å². The summed E-state index contributed by atoms with van der Waals surface area (Å²) in [6, 6.07) is 5.96. The van der Waals surface area contributed by atoms with E-state index in [2.05, 4.69) is 10.1 Å². The van der Waals surface area contributed by atoms with Crippen LogP contribution in [0.2, 0.25) is 0 Å². The monoisotopic (exact) mass is 386 g/mol. The van der Waals surface area contributed by atoms with Crippen molar-refractivity contribution in [3.05, 3.63) is 59.2 Å². The Kier molecular flexibility index (Phi) is 3.96. The number of alkyl halides is 2. The number of hydrogen-bond acceptors (Lipinski definition) is 5. The minimum absolute atomic E-state index is 0.0420. The maximum absolute atomic E-state index is 14.2. The summed E-state index contributed by atoms with van der Waals surface area (Å²) in [6.45, 7) is -0.640. The molecule has 10 heteroatoms. The van der Waals surface area contributed by atoms with Crippen LogP contribution < -0.4 is 10.6 Å². The lowest BCUT2D eigenvalue weighted by molar-refractivity contribution is 0.0222. The van der Waals surface area contributed by atoms with Gasteiger partial charge in [0.2, 0.25) is 0 Å². The first-order valence-electron chi connectivity index (χ1n) is 8.27. The lowest BCUT2D eigenvalue weighted by Gasteiger charge is -2.25. The normalized spacial score (nSPS) is 18.4. The van der Waals surface area contributed by atoms with Crippen molar-refractivity contribution in [2.24, 2.45) is 5.73 Å². The Morgan fingerprint density at radius 2 is 2.14 bits per heavy atom. The fourth-order valence-corrected chi connectivity index (χ4v) is 3.42. The van der Waals surface area contributed by atoms with Crippen molar-refractivity contribution in [3.8, 4) is 6.07 Å². The Labute approximate surface area is 156 Å². The molecule has 0 aliphatic carbocycles. The van der Waals surface area contributed by atoms with Crippen LogP contribution in [0, 0.1) is 17.1 Å². The average molecular weight is 386 g/mol. The van der Waals surface area contributed by atoms with E-state index < -0.39 is 36.7 Å². The van der Waals surface area contributed by atoms with Gasteiger partial charge in [-0.05, 0) is 29.8 Å². The van der Waals surface area contributed by atoms with Crippen LogP contribution in [-0.4, -0.2) is 33.0 Å². The molecule has 3 aromatic rings. The molecule has 3 heterocycles. The van der Waals surface area contributed by atoms with E-state index in [1.54, 1.807) is 0 Å². The lowest BCUT2D eigenvalue weighted by atomic mass is 10.0. The Hall–Kier alpha value is -3.61. The molecule has 142 valence electrons. The summed E-state index contributed by atoms with van der Waals surface area (Å²) < 4.78 is 43.7. The van der Waals surface area contributed by atoms with Gasteiger partial charge in [-0.1, -0.05) is 0 Å². The van der Waals surface area contributed by atoms with Gasteiger partial charge >= 0.3 is 0 Å². The van der Waals surface area contributed by atoms with Crippen LogP contribution in [0.1, 0.15) is 33.9 Å². The molecule has 1 aliphatic heterocycles.